The average molecular weight is 396 g/mol. The third kappa shape index (κ3) is 3.43. The van der Waals surface area contributed by atoms with Gasteiger partial charge in [0.25, 0.3) is 5.56 Å². The van der Waals surface area contributed by atoms with Crippen LogP contribution in [0.4, 0.5) is 5.69 Å². The number of amides is 1. The van der Waals surface area contributed by atoms with Gasteiger partial charge in [-0.25, -0.2) is 9.78 Å². The summed E-state index contributed by atoms with van der Waals surface area (Å²) < 4.78 is 4.07. The largest absolute Gasteiger partial charge is 0.368 e. The second kappa shape index (κ2) is 7.57. The minimum absolute atomic E-state index is 0.0567. The highest BCUT2D eigenvalue weighted by Gasteiger charge is 2.22. The van der Waals surface area contributed by atoms with Crippen LogP contribution in [0.1, 0.15) is 6.42 Å². The van der Waals surface area contributed by atoms with Crippen LogP contribution in [-0.2, 0) is 25.4 Å². The van der Waals surface area contributed by atoms with Gasteiger partial charge in [-0.2, -0.15) is 0 Å². The summed E-state index contributed by atoms with van der Waals surface area (Å²) in [7, 11) is 3.03. The number of fused-ring (bicyclic) bond motifs is 1. The Morgan fingerprint density at radius 2 is 1.69 bits per heavy atom. The van der Waals surface area contributed by atoms with Gasteiger partial charge in [0.05, 0.1) is 6.33 Å². The molecule has 1 aliphatic heterocycles. The molecule has 0 atom stereocenters. The fourth-order valence-corrected chi connectivity index (χ4v) is 3.79. The van der Waals surface area contributed by atoms with Crippen LogP contribution in [0, 0.1) is 0 Å². The third-order valence-electron chi connectivity index (χ3n) is 5.54. The first-order valence-electron chi connectivity index (χ1n) is 9.66. The van der Waals surface area contributed by atoms with Crippen LogP contribution >= 0.6 is 0 Å². The van der Waals surface area contributed by atoms with Gasteiger partial charge in [0.2, 0.25) is 5.91 Å². The van der Waals surface area contributed by atoms with Crippen molar-refractivity contribution in [2.24, 2.45) is 14.1 Å². The highest BCUT2D eigenvalue weighted by atomic mass is 16.2. The van der Waals surface area contributed by atoms with Crippen LogP contribution in [0.15, 0.2) is 46.2 Å². The molecule has 0 N–H and O–H groups in total. The summed E-state index contributed by atoms with van der Waals surface area (Å²) in [6, 6.07) is 10.2. The van der Waals surface area contributed by atoms with Gasteiger partial charge in [0.15, 0.2) is 11.2 Å². The number of aryl methyl sites for hydroxylation is 2. The Morgan fingerprint density at radius 1 is 1.00 bits per heavy atom. The van der Waals surface area contributed by atoms with Gasteiger partial charge >= 0.3 is 5.69 Å². The van der Waals surface area contributed by atoms with E-state index < -0.39 is 11.2 Å². The molecular weight excluding hydrogens is 372 g/mol. The van der Waals surface area contributed by atoms with Crippen LogP contribution in [0.5, 0.6) is 0 Å². The first-order chi connectivity index (χ1) is 14.0. The van der Waals surface area contributed by atoms with Crippen molar-refractivity contribution < 1.29 is 4.79 Å². The Hall–Kier alpha value is -3.36. The van der Waals surface area contributed by atoms with Gasteiger partial charge in [0.1, 0.15) is 0 Å². The molecule has 0 aliphatic carbocycles. The summed E-state index contributed by atoms with van der Waals surface area (Å²) in [5.41, 5.74) is 1.04. The first kappa shape index (κ1) is 19.0. The number of aromatic nitrogens is 4. The number of para-hydroxylation sites is 1. The second-order valence-electron chi connectivity index (χ2n) is 7.27. The van der Waals surface area contributed by atoms with Crippen molar-refractivity contribution >= 4 is 22.8 Å². The smallest absolute Gasteiger partial charge is 0.332 e. The number of carbonyl (C=O) groups excluding carboxylic acids is 1. The minimum atomic E-state index is -0.417. The monoisotopic (exact) mass is 396 g/mol. The molecule has 1 saturated heterocycles. The predicted octanol–water partition coefficient (Wildman–Crippen LogP) is 0.173. The lowest BCUT2D eigenvalue weighted by molar-refractivity contribution is -0.131. The molecular formula is C20H24N6O3. The Kier molecular flexibility index (Phi) is 4.96. The summed E-state index contributed by atoms with van der Waals surface area (Å²) in [6.07, 6.45) is 1.80. The molecule has 1 amide bonds. The molecule has 152 valence electrons. The zero-order valence-electron chi connectivity index (χ0n) is 16.6. The number of nitrogens with zero attached hydrogens (tertiary/aromatic N) is 6. The van der Waals surface area contributed by atoms with E-state index in [9.17, 15) is 14.4 Å². The van der Waals surface area contributed by atoms with Gasteiger partial charge in [-0.1, -0.05) is 18.2 Å². The molecule has 2 aromatic heterocycles. The van der Waals surface area contributed by atoms with E-state index >= 15 is 0 Å². The van der Waals surface area contributed by atoms with E-state index in [4.69, 9.17) is 0 Å². The van der Waals surface area contributed by atoms with Crippen molar-refractivity contribution in [3.05, 3.63) is 57.5 Å². The Morgan fingerprint density at radius 3 is 2.38 bits per heavy atom. The predicted molar refractivity (Wildman–Crippen MR) is 110 cm³/mol. The van der Waals surface area contributed by atoms with E-state index in [0.29, 0.717) is 30.8 Å². The van der Waals surface area contributed by atoms with Crippen molar-refractivity contribution in [1.29, 1.82) is 0 Å². The van der Waals surface area contributed by atoms with E-state index in [0.717, 1.165) is 17.7 Å². The molecule has 3 heterocycles. The van der Waals surface area contributed by atoms with Gasteiger partial charge in [-0.05, 0) is 12.1 Å². The van der Waals surface area contributed by atoms with Gasteiger partial charge in [-0.3, -0.25) is 18.7 Å². The average Bonchev–Trinajstić information content (AvgIpc) is 3.19. The number of anilines is 1. The topological polar surface area (TPSA) is 85.4 Å². The Bertz CT molecular complexity index is 1150. The third-order valence-corrected chi connectivity index (χ3v) is 5.54. The Balaban J connectivity index is 1.42. The van der Waals surface area contributed by atoms with Crippen LogP contribution in [-0.4, -0.2) is 55.7 Å². The lowest BCUT2D eigenvalue weighted by Gasteiger charge is -2.36. The number of hydrogen-bond donors (Lipinski definition) is 0. The summed E-state index contributed by atoms with van der Waals surface area (Å²) in [5, 5.41) is 0. The maximum Gasteiger partial charge on any atom is 0.332 e. The van der Waals surface area contributed by atoms with E-state index in [1.807, 2.05) is 23.1 Å². The normalized spacial score (nSPS) is 14.6. The highest BCUT2D eigenvalue weighted by Crippen LogP contribution is 2.16. The quantitative estimate of drug-likeness (QED) is 0.628. The van der Waals surface area contributed by atoms with Crippen LogP contribution in [0.3, 0.4) is 0 Å². The maximum absolute atomic E-state index is 12.7. The molecule has 0 spiro atoms. The van der Waals surface area contributed by atoms with Crippen molar-refractivity contribution in [3.8, 4) is 0 Å². The zero-order chi connectivity index (χ0) is 20.5. The molecule has 29 heavy (non-hydrogen) atoms. The maximum atomic E-state index is 12.7. The summed E-state index contributed by atoms with van der Waals surface area (Å²) in [6.45, 7) is 3.30. The van der Waals surface area contributed by atoms with Crippen molar-refractivity contribution in [2.45, 2.75) is 13.0 Å². The molecule has 0 saturated carbocycles. The van der Waals surface area contributed by atoms with Crippen molar-refractivity contribution in [3.63, 3.8) is 0 Å². The second-order valence-corrected chi connectivity index (χ2v) is 7.27. The standard InChI is InChI=1S/C20H24N6O3/c1-22-18-17(19(28)23(2)20(22)29)26(14-21-18)9-8-16(27)25-12-10-24(11-13-25)15-6-4-3-5-7-15/h3-7,14H,8-13H2,1-2H3. The number of rotatable bonds is 4. The molecule has 3 aromatic rings. The molecule has 1 fully saturated rings. The first-order valence-corrected chi connectivity index (χ1v) is 9.66. The fourth-order valence-electron chi connectivity index (χ4n) is 3.79. The Labute approximate surface area is 167 Å². The summed E-state index contributed by atoms with van der Waals surface area (Å²) in [5.74, 6) is 0.0567. The molecule has 9 nitrogen and oxygen atoms in total. The van der Waals surface area contributed by atoms with Crippen LogP contribution in [0.25, 0.3) is 11.2 Å². The molecule has 0 radical (unpaired) electrons. The lowest BCUT2D eigenvalue weighted by atomic mass is 10.2. The van der Waals surface area contributed by atoms with Gasteiger partial charge < -0.3 is 14.4 Å². The fraction of sp³-hybridized carbons (Fsp3) is 0.400. The van der Waals surface area contributed by atoms with Crippen LogP contribution in [0.2, 0.25) is 0 Å². The molecule has 1 aliphatic rings. The van der Waals surface area contributed by atoms with E-state index in [1.54, 1.807) is 11.6 Å². The number of benzene rings is 1. The highest BCUT2D eigenvalue weighted by molar-refractivity contribution is 5.77. The molecule has 4 rings (SSSR count). The van der Waals surface area contributed by atoms with Gasteiger partial charge in [-0.15, -0.1) is 0 Å². The van der Waals surface area contributed by atoms with Crippen LogP contribution < -0.4 is 16.1 Å². The van der Waals surface area contributed by atoms with Crippen molar-refractivity contribution in [2.75, 3.05) is 31.1 Å². The van der Waals surface area contributed by atoms with Crippen molar-refractivity contribution in [1.82, 2.24) is 23.6 Å². The molecule has 1 aromatic carbocycles. The summed E-state index contributed by atoms with van der Waals surface area (Å²) in [4.78, 5) is 45.5. The minimum Gasteiger partial charge on any atom is -0.368 e. The SMILES string of the molecule is Cn1c(=O)c2c(ncn2CCC(=O)N2CCN(c3ccccc3)CC2)n(C)c1=O. The summed E-state index contributed by atoms with van der Waals surface area (Å²) >= 11 is 0. The van der Waals surface area contributed by atoms with E-state index in [2.05, 4.69) is 22.0 Å². The number of imidazole rings is 1. The zero-order valence-corrected chi connectivity index (χ0v) is 16.6. The number of piperazine rings is 1. The molecule has 0 bridgehead atoms. The molecule has 0 unspecified atom stereocenters. The lowest BCUT2D eigenvalue weighted by Crippen LogP contribution is -2.49. The van der Waals surface area contributed by atoms with Gasteiger partial charge in [0, 0.05) is 58.9 Å². The van der Waals surface area contributed by atoms with E-state index in [-0.39, 0.29) is 12.3 Å². The molecule has 9 heteroatoms. The number of carbonyl (C=O) groups is 1. The van der Waals surface area contributed by atoms with E-state index in [1.165, 1.54) is 23.6 Å². The number of hydrogen-bond acceptors (Lipinski definition) is 5.